The van der Waals surface area contributed by atoms with Gasteiger partial charge in [-0.15, -0.1) is 0 Å². The number of likely N-dealkylation sites (tertiary alicyclic amines) is 2. The number of rotatable bonds is 5. The van der Waals surface area contributed by atoms with Gasteiger partial charge in [0.1, 0.15) is 5.75 Å². The molecule has 5 nitrogen and oxygen atoms in total. The van der Waals surface area contributed by atoms with Gasteiger partial charge in [-0.3, -0.25) is 9.59 Å². The maximum Gasteiger partial charge on any atom is 0.387 e. The van der Waals surface area contributed by atoms with Crippen LogP contribution in [0.5, 0.6) is 5.75 Å². The van der Waals surface area contributed by atoms with Crippen LogP contribution < -0.4 is 4.74 Å². The van der Waals surface area contributed by atoms with Crippen LogP contribution in [0.2, 0.25) is 0 Å². The van der Waals surface area contributed by atoms with E-state index in [2.05, 4.69) is 4.74 Å². The lowest BCUT2D eigenvalue weighted by molar-refractivity contribution is -0.140. The van der Waals surface area contributed by atoms with E-state index >= 15 is 0 Å². The number of piperidine rings is 1. The second-order valence-corrected chi connectivity index (χ2v) is 7.59. The van der Waals surface area contributed by atoms with Gasteiger partial charge in [-0.1, -0.05) is 25.0 Å². The van der Waals surface area contributed by atoms with Crippen molar-refractivity contribution < 1.29 is 23.1 Å². The van der Waals surface area contributed by atoms with E-state index < -0.39 is 6.61 Å². The molecule has 1 aromatic carbocycles. The summed E-state index contributed by atoms with van der Waals surface area (Å²) in [6, 6.07) is 6.15. The van der Waals surface area contributed by atoms with Crippen LogP contribution in [0.25, 0.3) is 0 Å². The maximum absolute atomic E-state index is 12.7. The van der Waals surface area contributed by atoms with E-state index in [4.69, 9.17) is 0 Å². The number of carbonyl (C=O) groups is 2. The number of alkyl halides is 2. The number of benzene rings is 1. The summed E-state index contributed by atoms with van der Waals surface area (Å²) in [5.74, 6) is 0.360. The number of halogens is 2. The largest absolute Gasteiger partial charge is 0.435 e. The minimum atomic E-state index is -2.86. The summed E-state index contributed by atoms with van der Waals surface area (Å²) in [6.45, 7) is 0.0588. The number of amides is 2. The Hall–Kier alpha value is -2.18. The Morgan fingerprint density at radius 2 is 1.54 bits per heavy atom. The third kappa shape index (κ3) is 5.66. The zero-order chi connectivity index (χ0) is 19.9. The second kappa shape index (κ2) is 9.85. The summed E-state index contributed by atoms with van der Waals surface area (Å²) >= 11 is 0. The van der Waals surface area contributed by atoms with Crippen molar-refractivity contribution in [2.24, 2.45) is 5.92 Å². The van der Waals surface area contributed by atoms with Crippen LogP contribution in [0.4, 0.5) is 8.78 Å². The van der Waals surface area contributed by atoms with E-state index in [-0.39, 0.29) is 29.9 Å². The monoisotopic (exact) mass is 394 g/mol. The molecular formula is C21H28F2N2O3. The topological polar surface area (TPSA) is 49.9 Å². The van der Waals surface area contributed by atoms with E-state index in [1.54, 1.807) is 17.0 Å². The van der Waals surface area contributed by atoms with Crippen LogP contribution >= 0.6 is 0 Å². The summed E-state index contributed by atoms with van der Waals surface area (Å²) < 4.78 is 28.7. The lowest BCUT2D eigenvalue weighted by Gasteiger charge is -2.34. The van der Waals surface area contributed by atoms with Crippen molar-refractivity contribution >= 4 is 11.8 Å². The third-order valence-corrected chi connectivity index (χ3v) is 5.62. The number of nitrogens with zero attached hydrogens (tertiary/aromatic N) is 2. The lowest BCUT2D eigenvalue weighted by Crippen LogP contribution is -2.45. The Morgan fingerprint density at radius 3 is 2.11 bits per heavy atom. The molecule has 2 saturated heterocycles. The molecule has 1 aromatic rings. The van der Waals surface area contributed by atoms with Crippen LogP contribution in [0.15, 0.2) is 24.3 Å². The molecule has 154 valence electrons. The second-order valence-electron chi connectivity index (χ2n) is 7.59. The van der Waals surface area contributed by atoms with Crippen LogP contribution in [-0.2, 0) is 16.0 Å². The molecule has 7 heteroatoms. The average Bonchev–Trinajstić information content (AvgIpc) is 2.98. The quantitative estimate of drug-likeness (QED) is 0.768. The van der Waals surface area contributed by atoms with Gasteiger partial charge in [-0.25, -0.2) is 0 Å². The van der Waals surface area contributed by atoms with Gasteiger partial charge in [0, 0.05) is 32.1 Å². The molecule has 3 rings (SSSR count). The molecule has 2 aliphatic rings. The van der Waals surface area contributed by atoms with Gasteiger partial charge in [0.2, 0.25) is 11.8 Å². The molecule has 0 N–H and O–H groups in total. The van der Waals surface area contributed by atoms with Crippen molar-refractivity contribution in [3.05, 3.63) is 29.8 Å². The van der Waals surface area contributed by atoms with Crippen LogP contribution in [0.1, 0.15) is 44.1 Å². The van der Waals surface area contributed by atoms with E-state index in [0.29, 0.717) is 25.9 Å². The standard InChI is InChI=1S/C21H28F2N2O3/c22-21(23)28-18-7-5-16(6-8-18)15-19(26)24-13-9-17(10-14-24)20(27)25-11-3-1-2-4-12-25/h5-8,17,21H,1-4,9-15H2. The first-order valence-corrected chi connectivity index (χ1v) is 10.1. The van der Waals surface area contributed by atoms with E-state index in [1.165, 1.54) is 25.0 Å². The van der Waals surface area contributed by atoms with Gasteiger partial charge in [0.25, 0.3) is 0 Å². The van der Waals surface area contributed by atoms with Crippen molar-refractivity contribution in [3.8, 4) is 5.75 Å². The smallest absolute Gasteiger partial charge is 0.387 e. The highest BCUT2D eigenvalue weighted by Gasteiger charge is 2.30. The van der Waals surface area contributed by atoms with Crippen molar-refractivity contribution in [1.82, 2.24) is 9.80 Å². The average molecular weight is 394 g/mol. The zero-order valence-electron chi connectivity index (χ0n) is 16.1. The minimum absolute atomic E-state index is 0.00296. The molecule has 0 spiro atoms. The number of carbonyl (C=O) groups excluding carboxylic acids is 2. The Bertz CT molecular complexity index is 650. The molecular weight excluding hydrogens is 366 g/mol. The zero-order valence-corrected chi connectivity index (χ0v) is 16.1. The SMILES string of the molecule is O=C(Cc1ccc(OC(F)F)cc1)N1CCC(C(=O)N2CCCCCC2)CC1. The minimum Gasteiger partial charge on any atom is -0.435 e. The summed E-state index contributed by atoms with van der Waals surface area (Å²) in [5, 5.41) is 0. The Kier molecular flexibility index (Phi) is 7.23. The van der Waals surface area contributed by atoms with Crippen LogP contribution in [0, 0.1) is 5.92 Å². The Balaban J connectivity index is 1.46. The molecule has 0 aromatic heterocycles. The molecule has 0 aliphatic carbocycles. The predicted molar refractivity (Wildman–Crippen MR) is 101 cm³/mol. The molecule has 0 saturated carbocycles. The van der Waals surface area contributed by atoms with E-state index in [1.807, 2.05) is 4.90 Å². The highest BCUT2D eigenvalue weighted by Crippen LogP contribution is 2.23. The van der Waals surface area contributed by atoms with Gasteiger partial charge < -0.3 is 14.5 Å². The summed E-state index contributed by atoms with van der Waals surface area (Å²) in [6.07, 6.45) is 6.22. The first-order chi connectivity index (χ1) is 13.5. The first-order valence-electron chi connectivity index (χ1n) is 10.1. The molecule has 28 heavy (non-hydrogen) atoms. The van der Waals surface area contributed by atoms with Crippen molar-refractivity contribution in [2.75, 3.05) is 26.2 Å². The molecule has 2 aliphatic heterocycles. The van der Waals surface area contributed by atoms with Crippen LogP contribution in [-0.4, -0.2) is 54.4 Å². The van der Waals surface area contributed by atoms with Gasteiger partial charge in [-0.05, 0) is 43.4 Å². The van der Waals surface area contributed by atoms with Crippen molar-refractivity contribution in [2.45, 2.75) is 51.6 Å². The van der Waals surface area contributed by atoms with Crippen molar-refractivity contribution in [3.63, 3.8) is 0 Å². The van der Waals surface area contributed by atoms with E-state index in [0.717, 1.165) is 31.5 Å². The van der Waals surface area contributed by atoms with Gasteiger partial charge in [0.05, 0.1) is 6.42 Å². The predicted octanol–water partition coefficient (Wildman–Crippen LogP) is 3.47. The fraction of sp³-hybridized carbons (Fsp3) is 0.619. The summed E-state index contributed by atoms with van der Waals surface area (Å²) in [7, 11) is 0. The maximum atomic E-state index is 12.7. The molecule has 2 amide bonds. The molecule has 2 fully saturated rings. The molecule has 2 heterocycles. The van der Waals surface area contributed by atoms with Crippen molar-refractivity contribution in [1.29, 1.82) is 0 Å². The summed E-state index contributed by atoms with van der Waals surface area (Å²) in [5.41, 5.74) is 0.759. The fourth-order valence-corrected chi connectivity index (χ4v) is 4.00. The fourth-order valence-electron chi connectivity index (χ4n) is 4.00. The molecule has 0 atom stereocenters. The van der Waals surface area contributed by atoms with Gasteiger partial charge in [0.15, 0.2) is 0 Å². The normalized spacial score (nSPS) is 18.8. The van der Waals surface area contributed by atoms with E-state index in [9.17, 15) is 18.4 Å². The van der Waals surface area contributed by atoms with Gasteiger partial charge >= 0.3 is 6.61 Å². The Morgan fingerprint density at radius 1 is 0.929 bits per heavy atom. The molecule has 0 unspecified atom stereocenters. The lowest BCUT2D eigenvalue weighted by atomic mass is 9.94. The summed E-state index contributed by atoms with van der Waals surface area (Å²) in [4.78, 5) is 29.1. The number of hydrogen-bond acceptors (Lipinski definition) is 3. The van der Waals surface area contributed by atoms with Crippen LogP contribution in [0.3, 0.4) is 0 Å². The van der Waals surface area contributed by atoms with Gasteiger partial charge in [-0.2, -0.15) is 8.78 Å². The molecule has 0 bridgehead atoms. The third-order valence-electron chi connectivity index (χ3n) is 5.62. The molecule has 0 radical (unpaired) electrons. The number of ether oxygens (including phenoxy) is 1. The highest BCUT2D eigenvalue weighted by molar-refractivity contribution is 5.81. The first kappa shape index (κ1) is 20.6. The Labute approximate surface area is 164 Å². The highest BCUT2D eigenvalue weighted by atomic mass is 19.3. The number of hydrogen-bond donors (Lipinski definition) is 0.